The topological polar surface area (TPSA) is 48.0 Å². The van der Waals surface area contributed by atoms with Gasteiger partial charge in [-0.3, -0.25) is 9.46 Å². The van der Waals surface area contributed by atoms with E-state index < -0.39 is 7.60 Å². The molecule has 0 amide bonds. The highest BCUT2D eigenvalue weighted by molar-refractivity contribution is 7.54. The van der Waals surface area contributed by atoms with E-state index >= 15 is 0 Å². The zero-order valence-electron chi connectivity index (χ0n) is 11.3. The third-order valence-electron chi connectivity index (χ3n) is 2.83. The molecule has 1 aliphatic heterocycles. The SMILES string of the molecule is C=CCC(N1CCOCC1)P(=O)(OCC)OCC. The maximum Gasteiger partial charge on any atom is 0.347 e. The monoisotopic (exact) mass is 277 g/mol. The van der Waals surface area contributed by atoms with Crippen LogP contribution in [0.15, 0.2) is 12.7 Å². The Balaban J connectivity index is 2.83. The Morgan fingerprint density at radius 3 is 2.33 bits per heavy atom. The third kappa shape index (κ3) is 4.18. The van der Waals surface area contributed by atoms with E-state index in [2.05, 4.69) is 11.5 Å². The molecule has 0 spiro atoms. The van der Waals surface area contributed by atoms with Crippen molar-refractivity contribution in [1.29, 1.82) is 0 Å². The Hall–Kier alpha value is -0.190. The normalized spacial score (nSPS) is 19.7. The molecule has 1 unspecified atom stereocenters. The summed E-state index contributed by atoms with van der Waals surface area (Å²) in [5, 5.41) is 0. The van der Waals surface area contributed by atoms with Crippen molar-refractivity contribution in [3.63, 3.8) is 0 Å². The molecule has 1 saturated heterocycles. The number of nitrogens with zero attached hydrogens (tertiary/aromatic N) is 1. The van der Waals surface area contributed by atoms with Crippen LogP contribution in [0.5, 0.6) is 0 Å². The molecule has 1 fully saturated rings. The first kappa shape index (κ1) is 15.9. The average molecular weight is 277 g/mol. The van der Waals surface area contributed by atoms with E-state index in [0.29, 0.717) is 32.8 Å². The number of rotatable bonds is 8. The van der Waals surface area contributed by atoms with Crippen molar-refractivity contribution in [2.75, 3.05) is 39.5 Å². The van der Waals surface area contributed by atoms with Crippen molar-refractivity contribution >= 4 is 7.60 Å². The lowest BCUT2D eigenvalue weighted by Crippen LogP contribution is -2.43. The third-order valence-corrected chi connectivity index (χ3v) is 5.33. The molecular weight excluding hydrogens is 253 g/mol. The minimum absolute atomic E-state index is 0.251. The second kappa shape index (κ2) is 8.08. The highest BCUT2D eigenvalue weighted by Gasteiger charge is 2.39. The maximum absolute atomic E-state index is 12.8. The summed E-state index contributed by atoms with van der Waals surface area (Å²) in [6, 6.07) is 0. The lowest BCUT2D eigenvalue weighted by molar-refractivity contribution is 0.0245. The molecule has 0 aromatic heterocycles. The number of hydrogen-bond donors (Lipinski definition) is 0. The van der Waals surface area contributed by atoms with Crippen LogP contribution in [-0.4, -0.2) is 50.2 Å². The molecule has 0 aliphatic carbocycles. The summed E-state index contributed by atoms with van der Waals surface area (Å²) in [5.74, 6) is -0.251. The van der Waals surface area contributed by atoms with Crippen molar-refractivity contribution in [3.8, 4) is 0 Å². The Morgan fingerprint density at radius 1 is 1.33 bits per heavy atom. The van der Waals surface area contributed by atoms with Gasteiger partial charge in [0.1, 0.15) is 5.78 Å². The molecule has 1 atom stereocenters. The number of hydrogen-bond acceptors (Lipinski definition) is 5. The van der Waals surface area contributed by atoms with E-state index in [-0.39, 0.29) is 5.78 Å². The summed E-state index contributed by atoms with van der Waals surface area (Å²) >= 11 is 0. The summed E-state index contributed by atoms with van der Waals surface area (Å²) in [4.78, 5) is 2.12. The van der Waals surface area contributed by atoms with Crippen molar-refractivity contribution in [1.82, 2.24) is 4.90 Å². The first-order valence-corrected chi connectivity index (χ1v) is 8.10. The van der Waals surface area contributed by atoms with Gasteiger partial charge in [-0.2, -0.15) is 0 Å². The maximum atomic E-state index is 12.8. The van der Waals surface area contributed by atoms with Crippen LogP contribution in [0.1, 0.15) is 20.3 Å². The average Bonchev–Trinajstić information content (AvgIpc) is 2.37. The Morgan fingerprint density at radius 2 is 1.89 bits per heavy atom. The molecule has 1 aliphatic rings. The number of ether oxygens (including phenoxy) is 1. The highest BCUT2D eigenvalue weighted by Crippen LogP contribution is 2.55. The summed E-state index contributed by atoms with van der Waals surface area (Å²) in [7, 11) is -3.12. The summed E-state index contributed by atoms with van der Waals surface area (Å²) in [6.45, 7) is 11.0. The molecule has 0 saturated carbocycles. The van der Waals surface area contributed by atoms with Gasteiger partial charge in [-0.1, -0.05) is 6.08 Å². The van der Waals surface area contributed by atoms with Crippen molar-refractivity contribution < 1.29 is 18.3 Å². The fourth-order valence-electron chi connectivity index (χ4n) is 2.07. The Kier molecular flexibility index (Phi) is 7.12. The van der Waals surface area contributed by atoms with Gasteiger partial charge in [-0.05, 0) is 20.3 Å². The van der Waals surface area contributed by atoms with Gasteiger partial charge in [0.25, 0.3) is 0 Å². The van der Waals surface area contributed by atoms with Crippen molar-refractivity contribution in [2.45, 2.75) is 26.1 Å². The molecule has 18 heavy (non-hydrogen) atoms. The first-order chi connectivity index (χ1) is 8.68. The van der Waals surface area contributed by atoms with Crippen molar-refractivity contribution in [2.24, 2.45) is 0 Å². The molecule has 0 radical (unpaired) electrons. The highest BCUT2D eigenvalue weighted by atomic mass is 31.2. The summed E-state index contributed by atoms with van der Waals surface area (Å²) in [6.07, 6.45) is 2.36. The zero-order valence-corrected chi connectivity index (χ0v) is 12.2. The van der Waals surface area contributed by atoms with Gasteiger partial charge in [0.2, 0.25) is 0 Å². The van der Waals surface area contributed by atoms with Crippen molar-refractivity contribution in [3.05, 3.63) is 12.7 Å². The largest absolute Gasteiger partial charge is 0.379 e. The minimum atomic E-state index is -3.12. The van der Waals surface area contributed by atoms with E-state index in [4.69, 9.17) is 13.8 Å². The van der Waals surface area contributed by atoms with Gasteiger partial charge in [0, 0.05) is 13.1 Å². The van der Waals surface area contributed by atoms with Crippen LogP contribution in [-0.2, 0) is 18.3 Å². The van der Waals surface area contributed by atoms with E-state index in [0.717, 1.165) is 13.1 Å². The summed E-state index contributed by atoms with van der Waals surface area (Å²) < 4.78 is 29.0. The Labute approximate surface area is 110 Å². The molecule has 0 aromatic rings. The van der Waals surface area contributed by atoms with Gasteiger partial charge in [-0.15, -0.1) is 6.58 Å². The zero-order chi connectivity index (χ0) is 13.4. The van der Waals surface area contributed by atoms with Crippen LogP contribution >= 0.6 is 7.60 Å². The molecular formula is C12H24NO4P. The van der Waals surface area contributed by atoms with Crippen LogP contribution in [0.4, 0.5) is 0 Å². The van der Waals surface area contributed by atoms with Crippen LogP contribution in [0, 0.1) is 0 Å². The standard InChI is InChI=1S/C12H24NO4P/c1-4-7-12(13-8-10-15-11-9-13)18(14,16-5-2)17-6-3/h4,12H,1,5-11H2,2-3H3. The van der Waals surface area contributed by atoms with Gasteiger partial charge < -0.3 is 13.8 Å². The minimum Gasteiger partial charge on any atom is -0.379 e. The first-order valence-electron chi connectivity index (χ1n) is 6.49. The molecule has 1 rings (SSSR count). The van der Waals surface area contributed by atoms with Crippen LogP contribution < -0.4 is 0 Å². The predicted molar refractivity (Wildman–Crippen MR) is 71.9 cm³/mol. The van der Waals surface area contributed by atoms with Gasteiger partial charge in [-0.25, -0.2) is 0 Å². The van der Waals surface area contributed by atoms with Crippen LogP contribution in [0.25, 0.3) is 0 Å². The molecule has 0 N–H and O–H groups in total. The lowest BCUT2D eigenvalue weighted by atomic mass is 10.3. The smallest absolute Gasteiger partial charge is 0.347 e. The molecule has 0 aromatic carbocycles. The molecule has 6 heteroatoms. The quantitative estimate of drug-likeness (QED) is 0.504. The second-order valence-corrected chi connectivity index (χ2v) is 6.22. The van der Waals surface area contributed by atoms with Gasteiger partial charge in [0.15, 0.2) is 0 Å². The predicted octanol–water partition coefficient (Wildman–Crippen LogP) is 2.49. The molecule has 5 nitrogen and oxygen atoms in total. The van der Waals surface area contributed by atoms with Gasteiger partial charge >= 0.3 is 7.60 Å². The van der Waals surface area contributed by atoms with Crippen LogP contribution in [0.2, 0.25) is 0 Å². The fraction of sp³-hybridized carbons (Fsp3) is 0.833. The van der Waals surface area contributed by atoms with E-state index in [1.165, 1.54) is 0 Å². The lowest BCUT2D eigenvalue weighted by Gasteiger charge is -2.37. The molecule has 106 valence electrons. The van der Waals surface area contributed by atoms with E-state index in [1.807, 2.05) is 13.8 Å². The number of morpholine rings is 1. The fourth-order valence-corrected chi connectivity index (χ4v) is 4.25. The molecule has 0 bridgehead atoms. The Bertz CT molecular complexity index is 282. The second-order valence-electron chi connectivity index (χ2n) is 4.03. The van der Waals surface area contributed by atoms with E-state index in [1.54, 1.807) is 6.08 Å². The van der Waals surface area contributed by atoms with Crippen LogP contribution in [0.3, 0.4) is 0 Å². The molecule has 1 heterocycles. The van der Waals surface area contributed by atoms with E-state index in [9.17, 15) is 4.57 Å². The van der Waals surface area contributed by atoms with Gasteiger partial charge in [0.05, 0.1) is 26.4 Å². The summed E-state index contributed by atoms with van der Waals surface area (Å²) in [5.41, 5.74) is 0.